The van der Waals surface area contributed by atoms with E-state index in [1.807, 2.05) is 7.05 Å². The second-order valence-electron chi connectivity index (χ2n) is 4.76. The van der Waals surface area contributed by atoms with Crippen molar-refractivity contribution in [2.45, 2.75) is 13.0 Å². The first-order valence-electron chi connectivity index (χ1n) is 6.55. The third-order valence-corrected chi connectivity index (χ3v) is 3.21. The van der Waals surface area contributed by atoms with Gasteiger partial charge in [0.15, 0.2) is 11.9 Å². The van der Waals surface area contributed by atoms with Crippen LogP contribution in [0, 0.1) is 0 Å². The Kier molecular flexibility index (Phi) is 4.24. The lowest BCUT2D eigenvalue weighted by Crippen LogP contribution is -2.37. The fraction of sp³-hybridized carbons (Fsp3) is 0.429. The zero-order valence-corrected chi connectivity index (χ0v) is 11.9. The molecule has 1 aliphatic heterocycles. The van der Waals surface area contributed by atoms with Gasteiger partial charge in [-0.25, -0.2) is 0 Å². The van der Waals surface area contributed by atoms with Crippen LogP contribution in [0.4, 0.5) is 5.69 Å². The largest absolute Gasteiger partial charge is 0.478 e. The molecule has 108 valence electrons. The van der Waals surface area contributed by atoms with Gasteiger partial charge in [-0.1, -0.05) is 6.07 Å². The van der Waals surface area contributed by atoms with Crippen LogP contribution in [0.5, 0.6) is 5.75 Å². The molecule has 2 amide bonds. The van der Waals surface area contributed by atoms with Crippen molar-refractivity contribution in [2.75, 3.05) is 32.5 Å². The minimum Gasteiger partial charge on any atom is -0.478 e. The maximum absolute atomic E-state index is 12.4. The predicted octanol–water partition coefficient (Wildman–Crippen LogP) is 0.697. The number of para-hydroxylation sites is 1. The van der Waals surface area contributed by atoms with Gasteiger partial charge in [0.05, 0.1) is 11.3 Å². The molecule has 1 aromatic carbocycles. The summed E-state index contributed by atoms with van der Waals surface area (Å²) in [5, 5.41) is 5.74. The number of nitrogens with one attached hydrogen (secondary N) is 2. The Labute approximate surface area is 118 Å². The first-order chi connectivity index (χ1) is 9.54. The number of ether oxygens (including phenoxy) is 1. The number of fused-ring (bicyclic) bond motifs is 1. The highest BCUT2D eigenvalue weighted by Gasteiger charge is 2.28. The first kappa shape index (κ1) is 14.3. The fourth-order valence-corrected chi connectivity index (χ4v) is 1.98. The number of hydrogen-bond donors (Lipinski definition) is 2. The molecule has 0 saturated heterocycles. The Hall–Kier alpha value is -2.08. The quantitative estimate of drug-likeness (QED) is 0.850. The molecule has 0 radical (unpaired) electrons. The van der Waals surface area contributed by atoms with Crippen LogP contribution in [0.3, 0.4) is 0 Å². The van der Waals surface area contributed by atoms with Crippen LogP contribution in [0.15, 0.2) is 18.2 Å². The van der Waals surface area contributed by atoms with Gasteiger partial charge in [0, 0.05) is 20.1 Å². The lowest BCUT2D eigenvalue weighted by Gasteiger charge is -2.26. The smallest absolute Gasteiger partial charge is 0.265 e. The normalized spacial score (nSPS) is 16.9. The number of carbonyl (C=O) groups is 2. The van der Waals surface area contributed by atoms with E-state index in [9.17, 15) is 9.59 Å². The van der Waals surface area contributed by atoms with Gasteiger partial charge in [-0.05, 0) is 26.1 Å². The second-order valence-corrected chi connectivity index (χ2v) is 4.76. The fourth-order valence-electron chi connectivity index (χ4n) is 1.98. The van der Waals surface area contributed by atoms with Crippen molar-refractivity contribution < 1.29 is 14.3 Å². The monoisotopic (exact) mass is 277 g/mol. The number of amides is 2. The molecule has 0 aromatic heterocycles. The summed E-state index contributed by atoms with van der Waals surface area (Å²) in [6, 6.07) is 5.17. The highest BCUT2D eigenvalue weighted by atomic mass is 16.5. The van der Waals surface area contributed by atoms with Gasteiger partial charge >= 0.3 is 0 Å². The Morgan fingerprint density at radius 1 is 1.50 bits per heavy atom. The number of likely N-dealkylation sites (N-methyl/N-ethyl adjacent to an activating group) is 2. The van der Waals surface area contributed by atoms with Crippen molar-refractivity contribution >= 4 is 17.5 Å². The first-order valence-corrected chi connectivity index (χ1v) is 6.55. The van der Waals surface area contributed by atoms with Gasteiger partial charge in [-0.3, -0.25) is 9.59 Å². The van der Waals surface area contributed by atoms with Gasteiger partial charge in [-0.2, -0.15) is 0 Å². The summed E-state index contributed by atoms with van der Waals surface area (Å²) in [5.41, 5.74) is 1.01. The van der Waals surface area contributed by atoms with Crippen LogP contribution >= 0.6 is 0 Å². The van der Waals surface area contributed by atoms with E-state index in [2.05, 4.69) is 10.6 Å². The van der Waals surface area contributed by atoms with E-state index in [1.165, 1.54) is 0 Å². The molecule has 2 N–H and O–H groups in total. The second kappa shape index (κ2) is 5.92. The zero-order valence-electron chi connectivity index (χ0n) is 11.9. The number of benzene rings is 1. The molecule has 1 aliphatic rings. The van der Waals surface area contributed by atoms with Crippen LogP contribution < -0.4 is 15.4 Å². The van der Waals surface area contributed by atoms with E-state index < -0.39 is 6.10 Å². The molecule has 1 heterocycles. The van der Waals surface area contributed by atoms with Gasteiger partial charge in [0.25, 0.3) is 11.8 Å². The molecule has 0 aliphatic carbocycles. The third kappa shape index (κ3) is 2.75. The number of rotatable bonds is 4. The van der Waals surface area contributed by atoms with E-state index in [1.54, 1.807) is 37.1 Å². The average molecular weight is 277 g/mol. The van der Waals surface area contributed by atoms with Gasteiger partial charge in [0.2, 0.25) is 0 Å². The lowest BCUT2D eigenvalue weighted by atomic mass is 10.1. The van der Waals surface area contributed by atoms with Crippen molar-refractivity contribution in [1.29, 1.82) is 0 Å². The molecule has 0 fully saturated rings. The summed E-state index contributed by atoms with van der Waals surface area (Å²) in [4.78, 5) is 25.6. The van der Waals surface area contributed by atoms with Crippen molar-refractivity contribution in [1.82, 2.24) is 10.2 Å². The predicted molar refractivity (Wildman–Crippen MR) is 76.0 cm³/mol. The highest BCUT2D eigenvalue weighted by Crippen LogP contribution is 2.33. The molecule has 6 nitrogen and oxygen atoms in total. The molecule has 0 saturated carbocycles. The highest BCUT2D eigenvalue weighted by molar-refractivity contribution is 6.03. The summed E-state index contributed by atoms with van der Waals surface area (Å²) in [6.07, 6.45) is -0.598. The van der Waals surface area contributed by atoms with E-state index in [-0.39, 0.29) is 11.8 Å². The third-order valence-electron chi connectivity index (χ3n) is 3.21. The van der Waals surface area contributed by atoms with Crippen molar-refractivity contribution in [3.63, 3.8) is 0 Å². The molecule has 6 heteroatoms. The molecule has 1 aromatic rings. The molecular weight excluding hydrogens is 258 g/mol. The maximum atomic E-state index is 12.4. The maximum Gasteiger partial charge on any atom is 0.265 e. The zero-order chi connectivity index (χ0) is 14.7. The van der Waals surface area contributed by atoms with Crippen LogP contribution in [0.25, 0.3) is 0 Å². The van der Waals surface area contributed by atoms with E-state index in [4.69, 9.17) is 4.74 Å². The number of nitrogens with zero attached hydrogens (tertiary/aromatic N) is 1. The van der Waals surface area contributed by atoms with Crippen molar-refractivity contribution in [3.8, 4) is 5.75 Å². The SMILES string of the molecule is CNCCN(C)C(=O)c1cccc2c1OC(C)C(=O)N2. The topological polar surface area (TPSA) is 70.7 Å². The average Bonchev–Trinajstić information content (AvgIpc) is 2.44. The molecule has 1 unspecified atom stereocenters. The number of anilines is 1. The Morgan fingerprint density at radius 3 is 2.95 bits per heavy atom. The summed E-state index contributed by atoms with van der Waals surface area (Å²) in [6.45, 7) is 2.97. The lowest BCUT2D eigenvalue weighted by molar-refractivity contribution is -0.122. The molecule has 20 heavy (non-hydrogen) atoms. The van der Waals surface area contributed by atoms with Crippen LogP contribution in [0.2, 0.25) is 0 Å². The summed E-state index contributed by atoms with van der Waals surface area (Å²) < 4.78 is 5.58. The Morgan fingerprint density at radius 2 is 2.25 bits per heavy atom. The van der Waals surface area contributed by atoms with Gasteiger partial charge in [0.1, 0.15) is 0 Å². The van der Waals surface area contributed by atoms with E-state index in [0.29, 0.717) is 30.1 Å². The van der Waals surface area contributed by atoms with Crippen LogP contribution in [0.1, 0.15) is 17.3 Å². The summed E-state index contributed by atoms with van der Waals surface area (Å²) in [5.74, 6) is 0.118. The van der Waals surface area contributed by atoms with E-state index >= 15 is 0 Å². The van der Waals surface area contributed by atoms with Crippen LogP contribution in [-0.2, 0) is 4.79 Å². The molecule has 2 rings (SSSR count). The number of hydrogen-bond acceptors (Lipinski definition) is 4. The molecular formula is C14H19N3O3. The van der Waals surface area contributed by atoms with Gasteiger partial charge in [-0.15, -0.1) is 0 Å². The Bertz CT molecular complexity index is 530. The van der Waals surface area contributed by atoms with E-state index in [0.717, 1.165) is 0 Å². The molecule has 0 spiro atoms. The Balaban J connectivity index is 2.27. The summed E-state index contributed by atoms with van der Waals surface area (Å²) in [7, 11) is 3.58. The van der Waals surface area contributed by atoms with Crippen molar-refractivity contribution in [3.05, 3.63) is 23.8 Å². The minimum absolute atomic E-state index is 0.125. The van der Waals surface area contributed by atoms with Crippen molar-refractivity contribution in [2.24, 2.45) is 0 Å². The van der Waals surface area contributed by atoms with Crippen LogP contribution in [-0.4, -0.2) is 50.0 Å². The van der Waals surface area contributed by atoms with Gasteiger partial charge < -0.3 is 20.3 Å². The summed E-state index contributed by atoms with van der Waals surface area (Å²) >= 11 is 0. The molecule has 1 atom stereocenters. The minimum atomic E-state index is -0.598. The standard InChI is InChI=1S/C14H19N3O3/c1-9-13(18)16-11-6-4-5-10(12(11)20-9)14(19)17(3)8-7-15-2/h4-6,9,15H,7-8H2,1-3H3,(H,16,18). The molecule has 0 bridgehead atoms. The number of carbonyl (C=O) groups excluding carboxylic acids is 2.